The minimum atomic E-state index is 0.0756. The molecule has 1 aliphatic heterocycles. The zero-order valence-corrected chi connectivity index (χ0v) is 11.3. The molecule has 1 aliphatic rings. The summed E-state index contributed by atoms with van der Waals surface area (Å²) in [6.45, 7) is 3.86. The molecule has 0 amide bonds. The first-order valence-corrected chi connectivity index (χ1v) is 6.69. The topological polar surface area (TPSA) is 69.5 Å². The number of hydrogen-bond donors (Lipinski definition) is 0. The lowest BCUT2D eigenvalue weighted by Gasteiger charge is -2.03. The van der Waals surface area contributed by atoms with E-state index in [0.29, 0.717) is 18.1 Å². The van der Waals surface area contributed by atoms with Crippen LogP contribution >= 0.6 is 11.3 Å². The van der Waals surface area contributed by atoms with Crippen molar-refractivity contribution >= 4 is 17.2 Å². The van der Waals surface area contributed by atoms with Gasteiger partial charge in [-0.3, -0.25) is 0 Å². The van der Waals surface area contributed by atoms with Crippen molar-refractivity contribution in [3.05, 3.63) is 23.3 Å². The van der Waals surface area contributed by atoms with Crippen LogP contribution in [0.1, 0.15) is 18.4 Å². The van der Waals surface area contributed by atoms with Crippen molar-refractivity contribution in [1.29, 1.82) is 0 Å². The number of hydrogen-bond acceptors (Lipinski definition) is 7. The van der Waals surface area contributed by atoms with Crippen LogP contribution in [0.3, 0.4) is 0 Å². The molecule has 0 N–H and O–H groups in total. The molecule has 0 bridgehead atoms. The zero-order valence-electron chi connectivity index (χ0n) is 10.5. The monoisotopic (exact) mass is 276 g/mol. The minimum Gasteiger partial charge on any atom is -0.438 e. The van der Waals surface area contributed by atoms with Gasteiger partial charge in [0.25, 0.3) is 0 Å². The second-order valence-corrected chi connectivity index (χ2v) is 5.39. The highest BCUT2D eigenvalue weighted by atomic mass is 32.1. The standard InChI is InChI=1S/C12H12N4O2S/c1-7-5-11(16-18-7)17-9-3-4-10(13-6-9)12-15-14-8(2)19-12/h3-4,6-7H,5H2,1-2H3. The molecule has 2 aromatic rings. The second-order valence-electron chi connectivity index (χ2n) is 4.21. The van der Waals surface area contributed by atoms with Crippen LogP contribution in [0.4, 0.5) is 0 Å². The van der Waals surface area contributed by atoms with Gasteiger partial charge in [0.05, 0.1) is 12.6 Å². The lowest BCUT2D eigenvalue weighted by atomic mass is 10.3. The van der Waals surface area contributed by atoms with E-state index in [-0.39, 0.29) is 6.10 Å². The third-order valence-electron chi connectivity index (χ3n) is 2.51. The summed E-state index contributed by atoms with van der Waals surface area (Å²) in [5.74, 6) is 1.22. The molecule has 0 saturated heterocycles. The maximum Gasteiger partial charge on any atom is 0.235 e. The smallest absolute Gasteiger partial charge is 0.235 e. The number of rotatable bonds is 2. The summed E-state index contributed by atoms with van der Waals surface area (Å²) in [4.78, 5) is 9.37. The van der Waals surface area contributed by atoms with Gasteiger partial charge in [0.1, 0.15) is 22.6 Å². The van der Waals surface area contributed by atoms with E-state index in [1.807, 2.05) is 26.0 Å². The van der Waals surface area contributed by atoms with Gasteiger partial charge in [0.2, 0.25) is 5.90 Å². The van der Waals surface area contributed by atoms with Crippen molar-refractivity contribution in [3.63, 3.8) is 0 Å². The van der Waals surface area contributed by atoms with Crippen molar-refractivity contribution in [3.8, 4) is 16.5 Å². The zero-order chi connectivity index (χ0) is 13.2. The Morgan fingerprint density at radius 1 is 1.37 bits per heavy atom. The summed E-state index contributed by atoms with van der Waals surface area (Å²) in [5.41, 5.74) is 0.788. The number of pyridine rings is 1. The summed E-state index contributed by atoms with van der Waals surface area (Å²) >= 11 is 1.51. The lowest BCUT2D eigenvalue weighted by molar-refractivity contribution is 0.0992. The molecule has 0 aromatic carbocycles. The molecule has 19 heavy (non-hydrogen) atoms. The Balaban J connectivity index is 1.72. The molecule has 0 spiro atoms. The predicted octanol–water partition coefficient (Wildman–Crippen LogP) is 2.41. The number of oxime groups is 1. The number of ether oxygens (including phenoxy) is 1. The fraction of sp³-hybridized carbons (Fsp3) is 0.333. The Kier molecular flexibility index (Phi) is 3.12. The second kappa shape index (κ2) is 4.93. The number of aryl methyl sites for hydroxylation is 1. The SMILES string of the molecule is Cc1nnc(-c2ccc(OC3=NOC(C)C3)cn2)s1. The molecule has 0 aliphatic carbocycles. The summed E-state index contributed by atoms with van der Waals surface area (Å²) in [7, 11) is 0. The molecule has 98 valence electrons. The fourth-order valence-electron chi connectivity index (χ4n) is 1.63. The molecular weight excluding hydrogens is 264 g/mol. The fourth-order valence-corrected chi connectivity index (χ4v) is 2.30. The van der Waals surface area contributed by atoms with Gasteiger partial charge in [-0.05, 0) is 26.0 Å². The normalized spacial score (nSPS) is 18.0. The van der Waals surface area contributed by atoms with E-state index in [1.165, 1.54) is 11.3 Å². The van der Waals surface area contributed by atoms with Crippen LogP contribution in [0.5, 0.6) is 5.75 Å². The first-order chi connectivity index (χ1) is 9.20. The molecule has 0 saturated carbocycles. The molecule has 1 atom stereocenters. The van der Waals surface area contributed by atoms with Gasteiger partial charge in [-0.25, -0.2) is 4.98 Å². The predicted molar refractivity (Wildman–Crippen MR) is 71.1 cm³/mol. The van der Waals surface area contributed by atoms with Crippen LogP contribution < -0.4 is 4.74 Å². The Morgan fingerprint density at radius 3 is 2.84 bits per heavy atom. The van der Waals surface area contributed by atoms with E-state index in [4.69, 9.17) is 9.57 Å². The van der Waals surface area contributed by atoms with E-state index < -0.39 is 0 Å². The van der Waals surface area contributed by atoms with E-state index in [2.05, 4.69) is 20.3 Å². The van der Waals surface area contributed by atoms with Crippen molar-refractivity contribution < 1.29 is 9.57 Å². The first-order valence-electron chi connectivity index (χ1n) is 5.88. The number of nitrogens with zero attached hydrogens (tertiary/aromatic N) is 4. The van der Waals surface area contributed by atoms with Crippen LogP contribution in [0.15, 0.2) is 23.5 Å². The highest BCUT2D eigenvalue weighted by Gasteiger charge is 2.18. The van der Waals surface area contributed by atoms with Crippen LogP contribution in [0.2, 0.25) is 0 Å². The van der Waals surface area contributed by atoms with E-state index >= 15 is 0 Å². The molecule has 0 radical (unpaired) electrons. The third-order valence-corrected chi connectivity index (χ3v) is 3.37. The Bertz CT molecular complexity index is 608. The van der Waals surface area contributed by atoms with Gasteiger partial charge in [0, 0.05) is 0 Å². The van der Waals surface area contributed by atoms with Crippen molar-refractivity contribution in [2.75, 3.05) is 0 Å². The first kappa shape index (κ1) is 12.0. The van der Waals surface area contributed by atoms with Crippen LogP contribution in [-0.4, -0.2) is 27.2 Å². The average molecular weight is 276 g/mol. The number of aromatic nitrogens is 3. The van der Waals surface area contributed by atoms with Gasteiger partial charge in [-0.2, -0.15) is 0 Å². The lowest BCUT2D eigenvalue weighted by Crippen LogP contribution is -2.08. The molecule has 3 heterocycles. The highest BCUT2D eigenvalue weighted by molar-refractivity contribution is 7.14. The van der Waals surface area contributed by atoms with E-state index in [0.717, 1.165) is 15.7 Å². The van der Waals surface area contributed by atoms with Gasteiger partial charge >= 0.3 is 0 Å². The van der Waals surface area contributed by atoms with E-state index in [9.17, 15) is 0 Å². The van der Waals surface area contributed by atoms with Gasteiger partial charge in [0.15, 0.2) is 5.01 Å². The molecule has 6 nitrogen and oxygen atoms in total. The Hall–Kier alpha value is -2.02. The summed E-state index contributed by atoms with van der Waals surface area (Å²) < 4.78 is 5.57. The maximum absolute atomic E-state index is 5.57. The summed E-state index contributed by atoms with van der Waals surface area (Å²) in [6.07, 6.45) is 2.40. The van der Waals surface area contributed by atoms with Crippen LogP contribution in [-0.2, 0) is 4.84 Å². The average Bonchev–Trinajstić information content (AvgIpc) is 3.00. The van der Waals surface area contributed by atoms with Crippen molar-refractivity contribution in [1.82, 2.24) is 15.2 Å². The Labute approximate surface area is 114 Å². The quantitative estimate of drug-likeness (QED) is 0.842. The summed E-state index contributed by atoms with van der Waals surface area (Å²) in [5, 5.41) is 13.6. The Morgan fingerprint density at radius 2 is 2.26 bits per heavy atom. The molecule has 7 heteroatoms. The van der Waals surface area contributed by atoms with Crippen molar-refractivity contribution in [2.45, 2.75) is 26.4 Å². The van der Waals surface area contributed by atoms with Gasteiger partial charge < -0.3 is 9.57 Å². The minimum absolute atomic E-state index is 0.0756. The molecule has 2 aromatic heterocycles. The summed E-state index contributed by atoms with van der Waals surface area (Å²) in [6, 6.07) is 3.69. The van der Waals surface area contributed by atoms with Crippen molar-refractivity contribution in [2.24, 2.45) is 5.16 Å². The highest BCUT2D eigenvalue weighted by Crippen LogP contribution is 2.23. The largest absolute Gasteiger partial charge is 0.438 e. The van der Waals surface area contributed by atoms with E-state index in [1.54, 1.807) is 6.20 Å². The third kappa shape index (κ3) is 2.70. The maximum atomic E-state index is 5.57. The van der Waals surface area contributed by atoms with Crippen LogP contribution in [0, 0.1) is 6.92 Å². The van der Waals surface area contributed by atoms with Gasteiger partial charge in [-0.1, -0.05) is 16.5 Å². The van der Waals surface area contributed by atoms with Gasteiger partial charge in [-0.15, -0.1) is 10.2 Å². The molecule has 0 fully saturated rings. The molecule has 3 rings (SSSR count). The molecular formula is C12H12N4O2S. The van der Waals surface area contributed by atoms with Crippen LogP contribution in [0.25, 0.3) is 10.7 Å². The molecule has 1 unspecified atom stereocenters.